The van der Waals surface area contributed by atoms with Crippen molar-refractivity contribution >= 4 is 17.8 Å². The first-order valence-electron chi connectivity index (χ1n) is 8.02. The lowest BCUT2D eigenvalue weighted by Crippen LogP contribution is -2.55. The van der Waals surface area contributed by atoms with E-state index in [0.717, 1.165) is 12.1 Å². The number of nitrogens with one attached hydrogen (secondary N) is 2. The van der Waals surface area contributed by atoms with Gasteiger partial charge in [-0.3, -0.25) is 14.9 Å². The van der Waals surface area contributed by atoms with E-state index < -0.39 is 35.3 Å². The first-order chi connectivity index (χ1) is 12.4. The number of urea groups is 1. The van der Waals surface area contributed by atoms with Gasteiger partial charge in [0.15, 0.2) is 11.6 Å². The molecule has 1 fully saturated rings. The fourth-order valence-corrected chi connectivity index (χ4v) is 3.26. The minimum atomic E-state index is -1.63. The highest BCUT2D eigenvalue weighted by molar-refractivity contribution is 6.08. The van der Waals surface area contributed by atoms with Crippen molar-refractivity contribution in [2.24, 2.45) is 0 Å². The van der Waals surface area contributed by atoms with Crippen molar-refractivity contribution in [3.8, 4) is 5.75 Å². The van der Waals surface area contributed by atoms with Crippen molar-refractivity contribution < 1.29 is 33.7 Å². The maximum atomic E-state index is 13.7. The van der Waals surface area contributed by atoms with Gasteiger partial charge in [0.05, 0.1) is 13.2 Å². The van der Waals surface area contributed by atoms with E-state index in [-0.39, 0.29) is 44.0 Å². The number of carbonyl (C=O) groups is 3. The summed E-state index contributed by atoms with van der Waals surface area (Å²) < 4.78 is 19.3. The number of rotatable bonds is 5. The van der Waals surface area contributed by atoms with Crippen LogP contribution in [0.3, 0.4) is 0 Å². The predicted octanol–water partition coefficient (Wildman–Crippen LogP) is -1.18. The van der Waals surface area contributed by atoms with Gasteiger partial charge in [-0.1, -0.05) is 0 Å². The summed E-state index contributed by atoms with van der Waals surface area (Å²) in [6.07, 6.45) is -1.40. The van der Waals surface area contributed by atoms with E-state index in [9.17, 15) is 18.8 Å². The number of imide groups is 1. The molecule has 0 aromatic heterocycles. The fourth-order valence-electron chi connectivity index (χ4n) is 3.26. The lowest BCUT2D eigenvalue weighted by molar-refractivity contribution is -0.143. The van der Waals surface area contributed by atoms with Crippen LogP contribution in [-0.2, 0) is 15.1 Å². The van der Waals surface area contributed by atoms with Crippen LogP contribution in [0.25, 0.3) is 0 Å². The van der Waals surface area contributed by atoms with Crippen LogP contribution < -0.4 is 15.4 Å². The van der Waals surface area contributed by atoms with E-state index in [2.05, 4.69) is 10.6 Å². The third-order valence-electron chi connectivity index (χ3n) is 4.43. The monoisotopic (exact) mass is 367 g/mol. The Hall–Kier alpha value is -2.72. The van der Waals surface area contributed by atoms with Gasteiger partial charge in [0.25, 0.3) is 11.8 Å². The second kappa shape index (κ2) is 6.89. The van der Waals surface area contributed by atoms with Crippen molar-refractivity contribution in [3.63, 3.8) is 0 Å². The Balaban J connectivity index is 1.99. The quantitative estimate of drug-likeness (QED) is 0.485. The minimum absolute atomic E-state index is 0.0267. The van der Waals surface area contributed by atoms with E-state index >= 15 is 0 Å². The molecule has 4 amide bonds. The number of amides is 4. The van der Waals surface area contributed by atoms with Crippen LogP contribution in [0, 0.1) is 5.82 Å². The Labute approximate surface area is 147 Å². The molecule has 10 heteroatoms. The van der Waals surface area contributed by atoms with E-state index in [1.165, 1.54) is 11.0 Å². The third kappa shape index (κ3) is 2.97. The van der Waals surface area contributed by atoms with Crippen LogP contribution in [0.2, 0.25) is 0 Å². The molecule has 0 bridgehead atoms. The fraction of sp³-hybridized carbons (Fsp3) is 0.438. The van der Waals surface area contributed by atoms with Crippen molar-refractivity contribution in [3.05, 3.63) is 29.6 Å². The number of ether oxygens (including phenoxy) is 1. The van der Waals surface area contributed by atoms with Crippen molar-refractivity contribution in [1.29, 1.82) is 0 Å². The average Bonchev–Trinajstić information content (AvgIpc) is 2.88. The van der Waals surface area contributed by atoms with Crippen LogP contribution in [-0.4, -0.2) is 65.4 Å². The van der Waals surface area contributed by atoms with Gasteiger partial charge in [0.1, 0.15) is 11.6 Å². The number of nitrogens with zero attached hydrogens (tertiary/aromatic N) is 1. The molecule has 0 saturated carbocycles. The molecule has 1 aromatic carbocycles. The summed E-state index contributed by atoms with van der Waals surface area (Å²) in [5.41, 5.74) is -1.50. The van der Waals surface area contributed by atoms with Crippen molar-refractivity contribution in [2.45, 2.75) is 18.1 Å². The molecule has 2 heterocycles. The smallest absolute Gasteiger partial charge is 0.322 e. The molecule has 1 spiro atoms. The standard InChI is InChI=1S/C16H18FN3O6/c17-9-1-2-11-10(7-9)16(14(24)18-15(25)19-16)8-12(26-11)13(23)20(3-5-21)4-6-22/h1-2,7,12,21-22H,3-6,8H2,(H2,18,19,24,25). The van der Waals surface area contributed by atoms with Gasteiger partial charge in [0, 0.05) is 25.1 Å². The van der Waals surface area contributed by atoms with E-state index in [1.807, 2.05) is 0 Å². The van der Waals surface area contributed by atoms with Gasteiger partial charge < -0.3 is 25.2 Å². The molecule has 140 valence electrons. The van der Waals surface area contributed by atoms with Gasteiger partial charge in [-0.2, -0.15) is 0 Å². The number of hydrogen-bond donors (Lipinski definition) is 4. The molecule has 4 N–H and O–H groups in total. The van der Waals surface area contributed by atoms with Crippen molar-refractivity contribution in [1.82, 2.24) is 15.5 Å². The lowest BCUT2D eigenvalue weighted by Gasteiger charge is -2.38. The maximum Gasteiger partial charge on any atom is 0.322 e. The van der Waals surface area contributed by atoms with Gasteiger partial charge in [0.2, 0.25) is 0 Å². The third-order valence-corrected chi connectivity index (χ3v) is 4.43. The molecule has 2 aliphatic heterocycles. The first kappa shape index (κ1) is 18.1. The van der Waals surface area contributed by atoms with Gasteiger partial charge >= 0.3 is 6.03 Å². The highest BCUT2D eigenvalue weighted by Crippen LogP contribution is 2.42. The highest BCUT2D eigenvalue weighted by atomic mass is 19.1. The van der Waals surface area contributed by atoms with Gasteiger partial charge in [-0.15, -0.1) is 0 Å². The first-order valence-corrected chi connectivity index (χ1v) is 8.02. The zero-order chi connectivity index (χ0) is 18.9. The van der Waals surface area contributed by atoms with Crippen molar-refractivity contribution in [2.75, 3.05) is 26.3 Å². The summed E-state index contributed by atoms with van der Waals surface area (Å²) in [5.74, 6) is -1.78. The zero-order valence-corrected chi connectivity index (χ0v) is 13.7. The molecule has 9 nitrogen and oxygen atoms in total. The van der Waals surface area contributed by atoms with E-state index in [4.69, 9.17) is 14.9 Å². The Morgan fingerprint density at radius 1 is 1.31 bits per heavy atom. The SMILES string of the molecule is O=C1NC(=O)C2(CC(C(=O)N(CCO)CCO)Oc3ccc(F)cc32)N1. The molecule has 1 saturated heterocycles. The lowest BCUT2D eigenvalue weighted by atomic mass is 9.81. The number of benzene rings is 1. The molecule has 2 atom stereocenters. The molecule has 1 aromatic rings. The molecule has 3 rings (SSSR count). The molecule has 2 aliphatic rings. The molecule has 26 heavy (non-hydrogen) atoms. The Morgan fingerprint density at radius 2 is 2.00 bits per heavy atom. The van der Waals surface area contributed by atoms with Gasteiger partial charge in [-0.05, 0) is 18.2 Å². The molecular formula is C16H18FN3O6. The summed E-state index contributed by atoms with van der Waals surface area (Å²) in [7, 11) is 0. The second-order valence-electron chi connectivity index (χ2n) is 6.04. The molecule has 0 aliphatic carbocycles. The summed E-state index contributed by atoms with van der Waals surface area (Å²) in [5, 5.41) is 22.8. The summed E-state index contributed by atoms with van der Waals surface area (Å²) in [6.45, 7) is -0.687. The summed E-state index contributed by atoms with van der Waals surface area (Å²) in [6, 6.07) is 2.74. The topological polar surface area (TPSA) is 128 Å². The van der Waals surface area contributed by atoms with Crippen LogP contribution in [0.15, 0.2) is 18.2 Å². The second-order valence-corrected chi connectivity index (χ2v) is 6.04. The Kier molecular flexibility index (Phi) is 4.79. The number of hydrogen-bond acceptors (Lipinski definition) is 6. The zero-order valence-electron chi connectivity index (χ0n) is 13.7. The summed E-state index contributed by atoms with van der Waals surface area (Å²) >= 11 is 0. The Bertz CT molecular complexity index is 752. The highest BCUT2D eigenvalue weighted by Gasteiger charge is 2.55. The predicted molar refractivity (Wildman–Crippen MR) is 84.5 cm³/mol. The van der Waals surface area contributed by atoms with Gasteiger partial charge in [-0.25, -0.2) is 9.18 Å². The van der Waals surface area contributed by atoms with E-state index in [0.29, 0.717) is 0 Å². The maximum absolute atomic E-state index is 13.7. The molecule has 2 unspecified atom stereocenters. The minimum Gasteiger partial charge on any atom is -0.480 e. The molecular weight excluding hydrogens is 349 g/mol. The Morgan fingerprint density at radius 3 is 2.58 bits per heavy atom. The number of carbonyl (C=O) groups excluding carboxylic acids is 3. The number of halogens is 1. The molecule has 0 radical (unpaired) electrons. The van der Waals surface area contributed by atoms with Crippen LogP contribution in [0.4, 0.5) is 9.18 Å². The average molecular weight is 367 g/mol. The normalized spacial score (nSPS) is 23.9. The van der Waals surface area contributed by atoms with Crippen LogP contribution in [0.1, 0.15) is 12.0 Å². The summed E-state index contributed by atoms with van der Waals surface area (Å²) in [4.78, 5) is 38.1. The number of aliphatic hydroxyl groups excluding tert-OH is 2. The van der Waals surface area contributed by atoms with E-state index in [1.54, 1.807) is 0 Å². The van der Waals surface area contributed by atoms with Crippen LogP contribution >= 0.6 is 0 Å². The van der Waals surface area contributed by atoms with Crippen LogP contribution in [0.5, 0.6) is 5.75 Å². The largest absolute Gasteiger partial charge is 0.480 e. The number of fused-ring (bicyclic) bond motifs is 2. The number of aliphatic hydroxyl groups is 2.